The molecule has 4 aromatic rings. The highest BCUT2D eigenvalue weighted by Crippen LogP contribution is 2.22. The average Bonchev–Trinajstić information content (AvgIpc) is 2.73. The van der Waals surface area contributed by atoms with Gasteiger partial charge in [0.05, 0.1) is 23.8 Å². The van der Waals surface area contributed by atoms with Crippen LogP contribution in [-0.2, 0) is 0 Å². The van der Waals surface area contributed by atoms with Crippen LogP contribution in [0, 0.1) is 0 Å². The lowest BCUT2D eigenvalue weighted by Crippen LogP contribution is -2.26. The van der Waals surface area contributed by atoms with Crippen molar-refractivity contribution in [1.29, 1.82) is 0 Å². The van der Waals surface area contributed by atoms with Crippen LogP contribution < -0.4 is 10.1 Å². The molecule has 4 rings (SSSR count). The summed E-state index contributed by atoms with van der Waals surface area (Å²) in [5.74, 6) is 0.514. The van der Waals surface area contributed by atoms with E-state index in [2.05, 4.69) is 20.3 Å². The Morgan fingerprint density at radius 3 is 2.74 bits per heavy atom. The smallest absolute Gasteiger partial charge is 0.271 e. The Bertz CT molecular complexity index is 1090. The van der Waals surface area contributed by atoms with Gasteiger partial charge in [0.15, 0.2) is 0 Å². The first-order chi connectivity index (χ1) is 13.3. The van der Waals surface area contributed by atoms with Crippen LogP contribution in [-0.4, -0.2) is 34.0 Å². The van der Waals surface area contributed by atoms with Gasteiger partial charge in [-0.25, -0.2) is 4.98 Å². The van der Waals surface area contributed by atoms with Crippen LogP contribution in [0.2, 0.25) is 0 Å². The number of ether oxygens (including phenoxy) is 1. The third-order valence-corrected chi connectivity index (χ3v) is 4.14. The van der Waals surface area contributed by atoms with Gasteiger partial charge in [-0.05, 0) is 30.7 Å². The molecule has 2 aromatic heterocycles. The number of fused-ring (bicyclic) bond motifs is 2. The van der Waals surface area contributed by atoms with Crippen molar-refractivity contribution in [2.45, 2.75) is 6.42 Å². The zero-order chi connectivity index (χ0) is 18.5. The minimum absolute atomic E-state index is 0.236. The van der Waals surface area contributed by atoms with Gasteiger partial charge in [0, 0.05) is 18.1 Å². The lowest BCUT2D eigenvalue weighted by molar-refractivity contribution is 0.0946. The van der Waals surface area contributed by atoms with Gasteiger partial charge in [0.25, 0.3) is 5.91 Å². The van der Waals surface area contributed by atoms with Crippen LogP contribution in [0.5, 0.6) is 5.75 Å². The molecule has 0 aliphatic rings. The molecule has 0 atom stereocenters. The number of carbonyl (C=O) groups is 1. The van der Waals surface area contributed by atoms with Crippen molar-refractivity contribution in [2.75, 3.05) is 13.2 Å². The van der Waals surface area contributed by atoms with Gasteiger partial charge >= 0.3 is 0 Å². The Hall–Kier alpha value is -3.54. The van der Waals surface area contributed by atoms with Crippen LogP contribution in [0.1, 0.15) is 16.9 Å². The molecule has 134 valence electrons. The normalized spacial score (nSPS) is 10.8. The van der Waals surface area contributed by atoms with E-state index in [-0.39, 0.29) is 5.91 Å². The van der Waals surface area contributed by atoms with Crippen molar-refractivity contribution in [3.05, 3.63) is 72.7 Å². The van der Waals surface area contributed by atoms with Crippen molar-refractivity contribution in [3.63, 3.8) is 0 Å². The first-order valence-electron chi connectivity index (χ1n) is 8.78. The highest BCUT2D eigenvalue weighted by atomic mass is 16.5. The summed E-state index contributed by atoms with van der Waals surface area (Å²) >= 11 is 0. The molecule has 0 bridgehead atoms. The fourth-order valence-electron chi connectivity index (χ4n) is 2.81. The highest BCUT2D eigenvalue weighted by molar-refractivity contribution is 5.93. The summed E-state index contributed by atoms with van der Waals surface area (Å²) in [5.41, 5.74) is 2.63. The topological polar surface area (TPSA) is 77.0 Å². The van der Waals surface area contributed by atoms with Crippen molar-refractivity contribution < 1.29 is 9.53 Å². The fraction of sp³-hybridized carbons (Fsp3) is 0.143. The van der Waals surface area contributed by atoms with Crippen LogP contribution in [0.4, 0.5) is 0 Å². The molecular formula is C21H18N4O2. The summed E-state index contributed by atoms with van der Waals surface area (Å²) in [6.45, 7) is 0.977. The quantitative estimate of drug-likeness (QED) is 0.535. The molecule has 27 heavy (non-hydrogen) atoms. The van der Waals surface area contributed by atoms with Crippen molar-refractivity contribution in [1.82, 2.24) is 20.3 Å². The minimum atomic E-state index is -0.236. The predicted octanol–water partition coefficient (Wildman–Crippen LogP) is 3.38. The Morgan fingerprint density at radius 1 is 0.963 bits per heavy atom. The Kier molecular flexibility index (Phi) is 4.87. The van der Waals surface area contributed by atoms with Crippen LogP contribution in [0.25, 0.3) is 21.9 Å². The van der Waals surface area contributed by atoms with Gasteiger partial charge in [-0.15, -0.1) is 0 Å². The lowest BCUT2D eigenvalue weighted by Gasteiger charge is -2.09. The van der Waals surface area contributed by atoms with Crippen molar-refractivity contribution in [3.8, 4) is 5.75 Å². The molecular weight excluding hydrogens is 340 g/mol. The molecule has 1 amide bonds. The second-order valence-electron chi connectivity index (χ2n) is 6.03. The summed E-state index contributed by atoms with van der Waals surface area (Å²) in [6.07, 6.45) is 3.92. The second kappa shape index (κ2) is 7.78. The Balaban J connectivity index is 1.30. The molecule has 0 aliphatic heterocycles. The molecule has 6 heteroatoms. The molecule has 0 saturated heterocycles. The summed E-state index contributed by atoms with van der Waals surface area (Å²) in [4.78, 5) is 25.2. The monoisotopic (exact) mass is 358 g/mol. The summed E-state index contributed by atoms with van der Waals surface area (Å²) in [6, 6.07) is 17.2. The van der Waals surface area contributed by atoms with Crippen LogP contribution in [0.3, 0.4) is 0 Å². The maximum atomic E-state index is 12.2. The summed E-state index contributed by atoms with van der Waals surface area (Å²) in [7, 11) is 0. The van der Waals surface area contributed by atoms with Gasteiger partial charge in [-0.3, -0.25) is 14.8 Å². The molecule has 0 spiro atoms. The first kappa shape index (κ1) is 16.9. The van der Waals surface area contributed by atoms with Gasteiger partial charge in [-0.2, -0.15) is 0 Å². The average molecular weight is 358 g/mol. The van der Waals surface area contributed by atoms with Gasteiger partial charge in [-0.1, -0.05) is 30.3 Å². The number of pyridine rings is 1. The van der Waals surface area contributed by atoms with E-state index >= 15 is 0 Å². The van der Waals surface area contributed by atoms with E-state index in [4.69, 9.17) is 4.74 Å². The van der Waals surface area contributed by atoms with Crippen LogP contribution in [0.15, 0.2) is 67.0 Å². The largest absolute Gasteiger partial charge is 0.491 e. The summed E-state index contributed by atoms with van der Waals surface area (Å²) in [5, 5.41) is 3.89. The molecule has 0 fully saturated rings. The molecule has 6 nitrogen and oxygen atoms in total. The molecule has 0 unspecified atom stereocenters. The summed E-state index contributed by atoms with van der Waals surface area (Å²) < 4.78 is 5.82. The molecule has 2 heterocycles. The van der Waals surface area contributed by atoms with Gasteiger partial charge in [0.2, 0.25) is 0 Å². The van der Waals surface area contributed by atoms with E-state index in [1.54, 1.807) is 6.20 Å². The standard InChI is InChI=1S/C21H18N4O2/c26-21(18-14-24-16-8-1-2-9-17(16)25-18)23-12-5-13-27-19-10-3-6-15-7-4-11-22-20(15)19/h1-4,6-11,14H,5,12-13H2,(H,23,26). The van der Waals surface area contributed by atoms with E-state index < -0.39 is 0 Å². The number of rotatable bonds is 6. The number of nitrogens with zero attached hydrogens (tertiary/aromatic N) is 3. The number of amides is 1. The van der Waals surface area contributed by atoms with Crippen LogP contribution >= 0.6 is 0 Å². The van der Waals surface area contributed by atoms with E-state index in [0.717, 1.165) is 22.2 Å². The molecule has 0 aliphatic carbocycles. The lowest BCUT2D eigenvalue weighted by atomic mass is 10.2. The number of carbonyl (C=O) groups excluding carboxylic acids is 1. The third kappa shape index (κ3) is 3.84. The number of para-hydroxylation sites is 3. The maximum absolute atomic E-state index is 12.2. The third-order valence-electron chi connectivity index (χ3n) is 4.14. The minimum Gasteiger partial charge on any atom is -0.491 e. The second-order valence-corrected chi connectivity index (χ2v) is 6.03. The van der Waals surface area contributed by atoms with E-state index in [9.17, 15) is 4.79 Å². The number of benzene rings is 2. The van der Waals surface area contributed by atoms with Gasteiger partial charge in [0.1, 0.15) is 17.0 Å². The Labute approximate surface area is 156 Å². The highest BCUT2D eigenvalue weighted by Gasteiger charge is 2.08. The number of hydrogen-bond donors (Lipinski definition) is 1. The maximum Gasteiger partial charge on any atom is 0.271 e. The van der Waals surface area contributed by atoms with Crippen molar-refractivity contribution in [2.24, 2.45) is 0 Å². The van der Waals surface area contributed by atoms with E-state index in [1.807, 2.05) is 54.6 Å². The first-order valence-corrected chi connectivity index (χ1v) is 8.78. The van der Waals surface area contributed by atoms with E-state index in [0.29, 0.717) is 30.8 Å². The zero-order valence-electron chi connectivity index (χ0n) is 14.6. The molecule has 1 N–H and O–H groups in total. The van der Waals surface area contributed by atoms with Gasteiger partial charge < -0.3 is 10.1 Å². The number of nitrogens with one attached hydrogen (secondary N) is 1. The zero-order valence-corrected chi connectivity index (χ0v) is 14.6. The molecule has 2 aromatic carbocycles. The molecule has 0 saturated carbocycles. The Morgan fingerprint density at radius 2 is 1.81 bits per heavy atom. The number of hydrogen-bond acceptors (Lipinski definition) is 5. The SMILES string of the molecule is O=C(NCCCOc1cccc2cccnc12)c1cnc2ccccc2n1. The van der Waals surface area contributed by atoms with Crippen molar-refractivity contribution >= 4 is 27.8 Å². The van der Waals surface area contributed by atoms with E-state index in [1.165, 1.54) is 6.20 Å². The number of aromatic nitrogens is 3. The fourth-order valence-corrected chi connectivity index (χ4v) is 2.81. The molecule has 0 radical (unpaired) electrons. The predicted molar refractivity (Wildman–Crippen MR) is 104 cm³/mol.